The number of phenols is 1. The summed E-state index contributed by atoms with van der Waals surface area (Å²) in [5.41, 5.74) is 6.52. The van der Waals surface area contributed by atoms with Crippen LogP contribution in [0.25, 0.3) is 11.6 Å². The largest absolute Gasteiger partial charge is 0.508 e. The molecule has 0 saturated heterocycles. The Hall–Kier alpha value is -2.87. The normalized spacial score (nSPS) is 14.8. The standard InChI is InChI=1S/C22H17FO/c23-18-10-11-21-17(14-18)9-8-16-5-1-2-7-20(16)22(21)13-15-4-3-6-19(24)12-15/h1-7,10-14,24H,8-9H2/b22-13-. The number of benzene rings is 3. The van der Waals surface area contributed by atoms with Crippen LogP contribution in [0.4, 0.5) is 4.39 Å². The molecule has 0 spiro atoms. The van der Waals surface area contributed by atoms with Crippen LogP contribution in [0.1, 0.15) is 27.8 Å². The first-order valence-electron chi connectivity index (χ1n) is 8.08. The molecule has 0 atom stereocenters. The van der Waals surface area contributed by atoms with Gasteiger partial charge in [-0.25, -0.2) is 4.39 Å². The summed E-state index contributed by atoms with van der Waals surface area (Å²) < 4.78 is 13.7. The molecule has 0 aromatic heterocycles. The van der Waals surface area contributed by atoms with Gasteiger partial charge in [0.2, 0.25) is 0 Å². The lowest BCUT2D eigenvalue weighted by molar-refractivity contribution is 0.475. The summed E-state index contributed by atoms with van der Waals surface area (Å²) in [6.45, 7) is 0. The third kappa shape index (κ3) is 2.71. The van der Waals surface area contributed by atoms with Crippen molar-refractivity contribution in [1.29, 1.82) is 0 Å². The average Bonchev–Trinajstić information content (AvgIpc) is 2.73. The van der Waals surface area contributed by atoms with E-state index in [0.717, 1.165) is 35.1 Å². The van der Waals surface area contributed by atoms with Gasteiger partial charge in [-0.15, -0.1) is 0 Å². The van der Waals surface area contributed by atoms with Gasteiger partial charge in [0.25, 0.3) is 0 Å². The molecule has 2 heteroatoms. The average molecular weight is 316 g/mol. The van der Waals surface area contributed by atoms with Gasteiger partial charge in [-0.3, -0.25) is 0 Å². The third-order valence-electron chi connectivity index (χ3n) is 4.51. The second kappa shape index (κ2) is 5.97. The first-order valence-corrected chi connectivity index (χ1v) is 8.08. The first kappa shape index (κ1) is 14.7. The SMILES string of the molecule is Oc1cccc(/C=C2/c3ccccc3CCc3cc(F)ccc32)c1. The van der Waals surface area contributed by atoms with E-state index < -0.39 is 0 Å². The van der Waals surface area contributed by atoms with E-state index in [0.29, 0.717) is 0 Å². The molecule has 118 valence electrons. The van der Waals surface area contributed by atoms with Gasteiger partial charge in [-0.05, 0) is 76.6 Å². The Morgan fingerprint density at radius 1 is 0.792 bits per heavy atom. The third-order valence-corrected chi connectivity index (χ3v) is 4.51. The molecule has 1 nitrogen and oxygen atoms in total. The molecule has 1 aliphatic carbocycles. The number of halogens is 1. The maximum Gasteiger partial charge on any atom is 0.123 e. The van der Waals surface area contributed by atoms with Crippen molar-refractivity contribution >= 4 is 11.6 Å². The number of aryl methyl sites for hydroxylation is 2. The van der Waals surface area contributed by atoms with Crippen LogP contribution in [0.5, 0.6) is 5.75 Å². The van der Waals surface area contributed by atoms with Crippen LogP contribution >= 0.6 is 0 Å². The number of hydrogen-bond acceptors (Lipinski definition) is 1. The van der Waals surface area contributed by atoms with Crippen molar-refractivity contribution in [3.05, 3.63) is 100 Å². The van der Waals surface area contributed by atoms with Crippen molar-refractivity contribution in [1.82, 2.24) is 0 Å². The predicted octanol–water partition coefficient (Wildman–Crippen LogP) is 5.22. The fraction of sp³-hybridized carbons (Fsp3) is 0.0909. The Labute approximate surface area is 140 Å². The van der Waals surface area contributed by atoms with E-state index in [1.165, 1.54) is 17.2 Å². The minimum atomic E-state index is -0.198. The molecule has 0 heterocycles. The highest BCUT2D eigenvalue weighted by Gasteiger charge is 2.18. The molecule has 0 bridgehead atoms. The Morgan fingerprint density at radius 2 is 1.58 bits per heavy atom. The zero-order valence-corrected chi connectivity index (χ0v) is 13.2. The molecular formula is C22H17FO. The van der Waals surface area contributed by atoms with Gasteiger partial charge in [0, 0.05) is 0 Å². The van der Waals surface area contributed by atoms with Gasteiger partial charge < -0.3 is 5.11 Å². The molecule has 0 unspecified atom stereocenters. The predicted molar refractivity (Wildman–Crippen MR) is 95.3 cm³/mol. The molecule has 0 aliphatic heterocycles. The molecule has 4 rings (SSSR count). The van der Waals surface area contributed by atoms with Crippen LogP contribution in [0.15, 0.2) is 66.7 Å². The number of phenolic OH excluding ortho intramolecular Hbond substituents is 1. The second-order valence-electron chi connectivity index (χ2n) is 6.11. The Morgan fingerprint density at radius 3 is 2.46 bits per heavy atom. The number of fused-ring (bicyclic) bond motifs is 2. The minimum absolute atomic E-state index is 0.198. The molecule has 1 aliphatic rings. The summed E-state index contributed by atoms with van der Waals surface area (Å²) in [4.78, 5) is 0. The fourth-order valence-corrected chi connectivity index (χ4v) is 3.38. The quantitative estimate of drug-likeness (QED) is 0.652. The summed E-state index contributed by atoms with van der Waals surface area (Å²) in [7, 11) is 0. The first-order chi connectivity index (χ1) is 11.7. The van der Waals surface area contributed by atoms with Gasteiger partial charge in [0.05, 0.1) is 0 Å². The molecule has 3 aromatic carbocycles. The summed E-state index contributed by atoms with van der Waals surface area (Å²) in [6, 6.07) is 20.5. The van der Waals surface area contributed by atoms with E-state index >= 15 is 0 Å². The number of rotatable bonds is 1. The molecule has 3 aromatic rings. The topological polar surface area (TPSA) is 20.2 Å². The Kier molecular flexibility index (Phi) is 3.66. The van der Waals surface area contributed by atoms with Crippen LogP contribution < -0.4 is 0 Å². The van der Waals surface area contributed by atoms with Crippen molar-refractivity contribution in [3.8, 4) is 5.75 Å². The van der Waals surface area contributed by atoms with Gasteiger partial charge in [-0.1, -0.05) is 42.5 Å². The smallest absolute Gasteiger partial charge is 0.123 e. The van der Waals surface area contributed by atoms with E-state index in [2.05, 4.69) is 18.2 Å². The van der Waals surface area contributed by atoms with Crippen molar-refractivity contribution in [2.24, 2.45) is 0 Å². The summed E-state index contributed by atoms with van der Waals surface area (Å²) in [5, 5.41) is 9.75. The van der Waals surface area contributed by atoms with Crippen LogP contribution in [0.2, 0.25) is 0 Å². The molecule has 24 heavy (non-hydrogen) atoms. The Bertz CT molecular complexity index is 940. The highest BCUT2D eigenvalue weighted by Crippen LogP contribution is 2.35. The van der Waals surface area contributed by atoms with Gasteiger partial charge in [0.15, 0.2) is 0 Å². The van der Waals surface area contributed by atoms with Gasteiger partial charge in [-0.2, -0.15) is 0 Å². The highest BCUT2D eigenvalue weighted by atomic mass is 19.1. The van der Waals surface area contributed by atoms with Crippen LogP contribution in [-0.4, -0.2) is 5.11 Å². The highest BCUT2D eigenvalue weighted by molar-refractivity contribution is 5.94. The fourth-order valence-electron chi connectivity index (χ4n) is 3.38. The van der Waals surface area contributed by atoms with Gasteiger partial charge in [0.1, 0.15) is 11.6 Å². The summed E-state index contributed by atoms with van der Waals surface area (Å²) in [5.74, 6) is 0.0435. The maximum absolute atomic E-state index is 13.7. The second-order valence-corrected chi connectivity index (χ2v) is 6.11. The summed E-state index contributed by atoms with van der Waals surface area (Å²) >= 11 is 0. The molecule has 0 saturated carbocycles. The summed E-state index contributed by atoms with van der Waals surface area (Å²) in [6.07, 6.45) is 3.78. The zero-order chi connectivity index (χ0) is 16.5. The number of aromatic hydroxyl groups is 1. The van der Waals surface area contributed by atoms with Crippen LogP contribution in [-0.2, 0) is 12.8 Å². The maximum atomic E-state index is 13.7. The Balaban J connectivity index is 1.97. The monoisotopic (exact) mass is 316 g/mol. The van der Waals surface area contributed by atoms with E-state index in [1.54, 1.807) is 18.2 Å². The van der Waals surface area contributed by atoms with E-state index in [1.807, 2.05) is 30.3 Å². The molecule has 0 fully saturated rings. The number of hydrogen-bond donors (Lipinski definition) is 1. The van der Waals surface area contributed by atoms with Crippen molar-refractivity contribution < 1.29 is 9.50 Å². The van der Waals surface area contributed by atoms with E-state index in [9.17, 15) is 9.50 Å². The lowest BCUT2D eigenvalue weighted by Crippen LogP contribution is -1.93. The molecule has 1 N–H and O–H groups in total. The molecular weight excluding hydrogens is 299 g/mol. The zero-order valence-electron chi connectivity index (χ0n) is 13.2. The van der Waals surface area contributed by atoms with E-state index in [4.69, 9.17) is 0 Å². The van der Waals surface area contributed by atoms with Crippen molar-refractivity contribution in [2.75, 3.05) is 0 Å². The molecule has 0 radical (unpaired) electrons. The van der Waals surface area contributed by atoms with E-state index in [-0.39, 0.29) is 11.6 Å². The van der Waals surface area contributed by atoms with Crippen molar-refractivity contribution in [3.63, 3.8) is 0 Å². The lowest BCUT2D eigenvalue weighted by Gasteiger charge is -2.12. The molecule has 0 amide bonds. The van der Waals surface area contributed by atoms with Crippen LogP contribution in [0, 0.1) is 5.82 Å². The van der Waals surface area contributed by atoms with Crippen LogP contribution in [0.3, 0.4) is 0 Å². The minimum Gasteiger partial charge on any atom is -0.508 e. The lowest BCUT2D eigenvalue weighted by atomic mass is 9.92. The van der Waals surface area contributed by atoms with Crippen molar-refractivity contribution in [2.45, 2.75) is 12.8 Å². The van der Waals surface area contributed by atoms with Gasteiger partial charge >= 0.3 is 0 Å².